The first-order valence-corrected chi connectivity index (χ1v) is 11.2. The Morgan fingerprint density at radius 2 is 2.07 bits per heavy atom. The standard InChI is InChI=1S/C21H27N5O2S/c1-14(2)20(27)24-16-6-7-19(22-9-16)26-8-4-3-5-15-10-25(11-18(15)26)21(28)17-12-29-13-23-17/h6-7,9,12-15,18H,3-5,8,10-11H2,1-2H3,(H,24,27)/t15-,18+/m1/s1. The van der Waals surface area contributed by atoms with Gasteiger partial charge in [0.15, 0.2) is 0 Å². The van der Waals surface area contributed by atoms with Crippen LogP contribution in [-0.2, 0) is 4.79 Å². The van der Waals surface area contributed by atoms with Crippen molar-refractivity contribution in [2.45, 2.75) is 39.2 Å². The molecule has 2 aliphatic heterocycles. The Hall–Kier alpha value is -2.48. The van der Waals surface area contributed by atoms with Gasteiger partial charge in [0.1, 0.15) is 11.5 Å². The van der Waals surface area contributed by atoms with Crippen LogP contribution in [0.15, 0.2) is 29.2 Å². The van der Waals surface area contributed by atoms with Crippen molar-refractivity contribution in [3.63, 3.8) is 0 Å². The fraction of sp³-hybridized carbons (Fsp3) is 0.524. The summed E-state index contributed by atoms with van der Waals surface area (Å²) in [7, 11) is 0. The van der Waals surface area contributed by atoms with Gasteiger partial charge in [0.2, 0.25) is 5.91 Å². The van der Waals surface area contributed by atoms with Crippen molar-refractivity contribution >= 4 is 34.7 Å². The number of pyridine rings is 1. The lowest BCUT2D eigenvalue weighted by atomic mass is 9.98. The van der Waals surface area contributed by atoms with E-state index in [0.717, 1.165) is 31.7 Å². The molecule has 0 unspecified atom stereocenters. The topological polar surface area (TPSA) is 78.4 Å². The first-order valence-electron chi connectivity index (χ1n) is 10.2. The number of amides is 2. The predicted octanol–water partition coefficient (Wildman–Crippen LogP) is 3.26. The highest BCUT2D eigenvalue weighted by Crippen LogP contribution is 2.33. The Morgan fingerprint density at radius 1 is 1.21 bits per heavy atom. The number of hydrogen-bond donors (Lipinski definition) is 1. The van der Waals surface area contributed by atoms with Crippen LogP contribution < -0.4 is 10.2 Å². The van der Waals surface area contributed by atoms with E-state index in [1.54, 1.807) is 11.7 Å². The van der Waals surface area contributed by atoms with E-state index < -0.39 is 0 Å². The molecular weight excluding hydrogens is 386 g/mol. The summed E-state index contributed by atoms with van der Waals surface area (Å²) in [5.74, 6) is 1.30. The lowest BCUT2D eigenvalue weighted by molar-refractivity contribution is -0.118. The van der Waals surface area contributed by atoms with Crippen LogP contribution in [0.5, 0.6) is 0 Å². The second kappa shape index (κ2) is 8.49. The van der Waals surface area contributed by atoms with E-state index in [9.17, 15) is 9.59 Å². The molecule has 29 heavy (non-hydrogen) atoms. The summed E-state index contributed by atoms with van der Waals surface area (Å²) in [6, 6.07) is 4.16. The number of thiazole rings is 1. The number of likely N-dealkylation sites (tertiary alicyclic amines) is 1. The van der Waals surface area contributed by atoms with Gasteiger partial charge < -0.3 is 15.1 Å². The zero-order chi connectivity index (χ0) is 20.4. The summed E-state index contributed by atoms with van der Waals surface area (Å²) >= 11 is 1.45. The predicted molar refractivity (Wildman–Crippen MR) is 114 cm³/mol. The maximum Gasteiger partial charge on any atom is 0.273 e. The normalized spacial score (nSPS) is 21.8. The number of carbonyl (C=O) groups excluding carboxylic acids is 2. The van der Waals surface area contributed by atoms with Crippen LogP contribution in [0.3, 0.4) is 0 Å². The molecule has 7 nitrogen and oxygen atoms in total. The van der Waals surface area contributed by atoms with E-state index in [2.05, 4.69) is 20.2 Å². The van der Waals surface area contributed by atoms with Gasteiger partial charge in [-0.15, -0.1) is 11.3 Å². The Balaban J connectivity index is 1.49. The van der Waals surface area contributed by atoms with Gasteiger partial charge in [-0.1, -0.05) is 20.3 Å². The fourth-order valence-corrected chi connectivity index (χ4v) is 4.72. The van der Waals surface area contributed by atoms with E-state index >= 15 is 0 Å². The van der Waals surface area contributed by atoms with Crippen molar-refractivity contribution in [1.82, 2.24) is 14.9 Å². The number of nitrogens with one attached hydrogen (secondary N) is 1. The monoisotopic (exact) mass is 413 g/mol. The lowest BCUT2D eigenvalue weighted by Gasteiger charge is -2.31. The molecule has 2 aromatic rings. The molecule has 2 amide bonds. The zero-order valence-electron chi connectivity index (χ0n) is 16.9. The summed E-state index contributed by atoms with van der Waals surface area (Å²) in [5.41, 5.74) is 2.96. The molecule has 1 N–H and O–H groups in total. The van der Waals surface area contributed by atoms with Crippen molar-refractivity contribution in [3.8, 4) is 0 Å². The second-order valence-electron chi connectivity index (χ2n) is 8.15. The molecule has 8 heteroatoms. The molecule has 0 aliphatic carbocycles. The number of carbonyl (C=O) groups is 2. The maximum atomic E-state index is 12.8. The third-order valence-corrected chi connectivity index (χ3v) is 6.39. The minimum atomic E-state index is -0.0687. The number of anilines is 2. The number of nitrogens with zero attached hydrogens (tertiary/aromatic N) is 4. The molecule has 2 aromatic heterocycles. The van der Waals surface area contributed by atoms with E-state index in [4.69, 9.17) is 0 Å². The lowest BCUT2D eigenvalue weighted by Crippen LogP contribution is -2.41. The summed E-state index contributed by atoms with van der Waals surface area (Å²) in [5, 5.41) is 4.71. The number of hydrogen-bond acceptors (Lipinski definition) is 6. The largest absolute Gasteiger partial charge is 0.352 e. The highest BCUT2D eigenvalue weighted by atomic mass is 32.1. The first kappa shape index (κ1) is 19.8. The molecule has 0 bridgehead atoms. The third kappa shape index (κ3) is 4.27. The van der Waals surface area contributed by atoms with E-state index in [1.807, 2.05) is 36.3 Å². The van der Waals surface area contributed by atoms with Crippen LogP contribution in [0, 0.1) is 11.8 Å². The summed E-state index contributed by atoms with van der Waals surface area (Å²) in [6.07, 6.45) is 5.15. The molecule has 4 heterocycles. The molecule has 0 spiro atoms. The molecule has 2 aliphatic rings. The van der Waals surface area contributed by atoms with Crippen molar-refractivity contribution in [2.75, 3.05) is 29.9 Å². The minimum Gasteiger partial charge on any atom is -0.352 e. The Labute approximate surface area is 175 Å². The number of aromatic nitrogens is 2. The molecule has 4 rings (SSSR count). The quantitative estimate of drug-likeness (QED) is 0.832. The van der Waals surface area contributed by atoms with Crippen LogP contribution in [0.4, 0.5) is 11.5 Å². The van der Waals surface area contributed by atoms with Gasteiger partial charge in [0, 0.05) is 30.9 Å². The molecular formula is C21H27N5O2S. The van der Waals surface area contributed by atoms with Gasteiger partial charge in [-0.25, -0.2) is 9.97 Å². The molecule has 154 valence electrons. The Kier molecular flexibility index (Phi) is 5.80. The highest BCUT2D eigenvalue weighted by molar-refractivity contribution is 7.07. The fourth-order valence-electron chi connectivity index (χ4n) is 4.19. The highest BCUT2D eigenvalue weighted by Gasteiger charge is 2.40. The van der Waals surface area contributed by atoms with Crippen molar-refractivity contribution in [1.29, 1.82) is 0 Å². The first-order chi connectivity index (χ1) is 14.0. The average Bonchev–Trinajstić information content (AvgIpc) is 3.35. The van der Waals surface area contributed by atoms with Gasteiger partial charge in [-0.2, -0.15) is 0 Å². The van der Waals surface area contributed by atoms with Crippen LogP contribution in [0.1, 0.15) is 43.6 Å². The smallest absolute Gasteiger partial charge is 0.273 e. The van der Waals surface area contributed by atoms with Crippen LogP contribution in [0.2, 0.25) is 0 Å². The molecule has 0 radical (unpaired) electrons. The van der Waals surface area contributed by atoms with Crippen LogP contribution in [-0.4, -0.2) is 52.4 Å². The molecule has 2 atom stereocenters. The number of rotatable bonds is 4. The number of fused-ring (bicyclic) bond motifs is 1. The van der Waals surface area contributed by atoms with Gasteiger partial charge >= 0.3 is 0 Å². The molecule has 0 aromatic carbocycles. The van der Waals surface area contributed by atoms with Crippen molar-refractivity contribution < 1.29 is 9.59 Å². The molecule has 2 fully saturated rings. The van der Waals surface area contributed by atoms with Crippen molar-refractivity contribution in [3.05, 3.63) is 34.9 Å². The maximum absolute atomic E-state index is 12.8. The van der Waals surface area contributed by atoms with Gasteiger partial charge in [-0.3, -0.25) is 9.59 Å². The summed E-state index contributed by atoms with van der Waals surface area (Å²) in [4.78, 5) is 37.8. The van der Waals surface area contributed by atoms with Crippen LogP contribution >= 0.6 is 11.3 Å². The molecule has 0 saturated carbocycles. The Bertz CT molecular complexity index is 852. The van der Waals surface area contributed by atoms with E-state index in [1.165, 1.54) is 17.8 Å². The van der Waals surface area contributed by atoms with Crippen LogP contribution in [0.25, 0.3) is 0 Å². The van der Waals surface area contributed by atoms with E-state index in [0.29, 0.717) is 23.8 Å². The van der Waals surface area contributed by atoms with Gasteiger partial charge in [0.05, 0.1) is 23.4 Å². The van der Waals surface area contributed by atoms with Crippen molar-refractivity contribution in [2.24, 2.45) is 11.8 Å². The van der Waals surface area contributed by atoms with Gasteiger partial charge in [0.25, 0.3) is 5.91 Å². The van der Waals surface area contributed by atoms with E-state index in [-0.39, 0.29) is 23.8 Å². The summed E-state index contributed by atoms with van der Waals surface area (Å²) < 4.78 is 0. The minimum absolute atomic E-state index is 0.0126. The average molecular weight is 414 g/mol. The Morgan fingerprint density at radius 3 is 2.76 bits per heavy atom. The van der Waals surface area contributed by atoms with Gasteiger partial charge in [-0.05, 0) is 30.9 Å². The summed E-state index contributed by atoms with van der Waals surface area (Å²) in [6.45, 7) is 6.15. The second-order valence-corrected chi connectivity index (χ2v) is 8.87. The third-order valence-electron chi connectivity index (χ3n) is 5.80. The SMILES string of the molecule is CC(C)C(=O)Nc1ccc(N2CCCC[C@@H]3CN(C(=O)c4cscn4)C[C@@H]32)nc1. The molecule has 2 saturated heterocycles. The zero-order valence-corrected chi connectivity index (χ0v) is 17.7.